The minimum Gasteiger partial charge on any atom is -0.363 e. The summed E-state index contributed by atoms with van der Waals surface area (Å²) in [5.74, 6) is 1.80. The highest BCUT2D eigenvalue weighted by atomic mass is 79.9. The van der Waals surface area contributed by atoms with Crippen molar-refractivity contribution in [2.45, 2.75) is 30.7 Å². The molecule has 0 bridgehead atoms. The molecule has 136 valence electrons. The van der Waals surface area contributed by atoms with Gasteiger partial charge >= 0.3 is 0 Å². The molecule has 0 unspecified atom stereocenters. The fourth-order valence-electron chi connectivity index (χ4n) is 6.00. The lowest BCUT2D eigenvalue weighted by atomic mass is 9.70. The molecule has 2 aliphatic heterocycles. The third-order valence-corrected chi connectivity index (χ3v) is 7.50. The second kappa shape index (κ2) is 5.81. The van der Waals surface area contributed by atoms with E-state index in [0.717, 1.165) is 24.9 Å². The maximum atomic E-state index is 14.9. The molecule has 2 aromatic carbocycles. The molecule has 0 fully saturated rings. The van der Waals surface area contributed by atoms with Crippen LogP contribution in [0.1, 0.15) is 47.4 Å². The zero-order valence-corrected chi connectivity index (χ0v) is 16.6. The molecule has 0 saturated carbocycles. The minimum absolute atomic E-state index is 0.0677. The maximum Gasteiger partial charge on any atom is 0.128 e. The van der Waals surface area contributed by atoms with E-state index in [0.29, 0.717) is 23.7 Å². The van der Waals surface area contributed by atoms with Gasteiger partial charge in [-0.2, -0.15) is 0 Å². The summed E-state index contributed by atoms with van der Waals surface area (Å²) in [6.45, 7) is 1.02. The van der Waals surface area contributed by atoms with Crippen molar-refractivity contribution in [2.24, 2.45) is 11.8 Å². The number of rotatable bonds is 1. The first-order valence-corrected chi connectivity index (χ1v) is 10.7. The summed E-state index contributed by atoms with van der Waals surface area (Å²) in [7, 11) is 0. The minimum atomic E-state index is -0.0677. The summed E-state index contributed by atoms with van der Waals surface area (Å²) in [6, 6.07) is 12.1. The number of hydrogen-bond acceptors (Lipinski definition) is 1. The van der Waals surface area contributed by atoms with E-state index in [4.69, 9.17) is 0 Å². The third kappa shape index (κ3) is 2.21. The lowest BCUT2D eigenvalue weighted by Crippen LogP contribution is -2.46. The molecule has 27 heavy (non-hydrogen) atoms. The number of anilines is 1. The predicted molar refractivity (Wildman–Crippen MR) is 111 cm³/mol. The summed E-state index contributed by atoms with van der Waals surface area (Å²) < 4.78 is 16.1. The first kappa shape index (κ1) is 16.1. The van der Waals surface area contributed by atoms with Gasteiger partial charge in [-0.25, -0.2) is 4.39 Å². The van der Waals surface area contributed by atoms with Crippen LogP contribution in [0.5, 0.6) is 0 Å². The van der Waals surface area contributed by atoms with Gasteiger partial charge in [-0.05, 0) is 54.0 Å². The van der Waals surface area contributed by atoms with E-state index in [1.54, 1.807) is 12.1 Å². The normalized spacial score (nSPS) is 32.4. The standard InChI is InChI=1S/C24H21BrFN/c25-15-11-20-16-7-3-5-14(16)13-27-23(19-6-1-2-10-22(19)26)18-9-4-8-17(18)21(12-15)24(20)27/h1-4,6-8,10-12,14,16-18,23H,5,9,13H2/t14-,16+,17-,18+,23-/m0/s1. The van der Waals surface area contributed by atoms with Crippen LogP contribution in [0.15, 0.2) is 65.2 Å². The lowest BCUT2D eigenvalue weighted by Gasteiger charge is -2.51. The van der Waals surface area contributed by atoms with Crippen LogP contribution < -0.4 is 4.90 Å². The Kier molecular flexibility index (Phi) is 3.47. The first-order chi connectivity index (χ1) is 13.2. The molecule has 0 saturated heterocycles. The highest BCUT2D eigenvalue weighted by molar-refractivity contribution is 9.10. The molecule has 1 nitrogen and oxygen atoms in total. The van der Waals surface area contributed by atoms with E-state index >= 15 is 0 Å². The molecule has 0 radical (unpaired) electrons. The number of allylic oxidation sites excluding steroid dienone is 4. The van der Waals surface area contributed by atoms with Gasteiger partial charge in [0.15, 0.2) is 0 Å². The second-order valence-corrected chi connectivity index (χ2v) is 9.27. The SMILES string of the molecule is Fc1ccccc1[C@@H]1[C@@H]2CC=C[C@@H]2c2cc(Br)cc3c2N1C[C@@H]1CC=C[C@@H]31. The van der Waals surface area contributed by atoms with Crippen LogP contribution in [-0.4, -0.2) is 6.54 Å². The van der Waals surface area contributed by atoms with Crippen molar-refractivity contribution in [3.05, 3.63) is 87.7 Å². The van der Waals surface area contributed by atoms with Crippen LogP contribution >= 0.6 is 15.9 Å². The number of halogens is 2. The Balaban J connectivity index is 1.61. The van der Waals surface area contributed by atoms with Gasteiger partial charge in [-0.1, -0.05) is 58.4 Å². The fraction of sp³-hybridized carbons (Fsp3) is 0.333. The van der Waals surface area contributed by atoms with Crippen LogP contribution in [0, 0.1) is 17.7 Å². The molecule has 4 aliphatic rings. The highest BCUT2D eigenvalue weighted by Gasteiger charge is 2.48. The zero-order chi connectivity index (χ0) is 18.1. The molecule has 0 spiro atoms. The van der Waals surface area contributed by atoms with Gasteiger partial charge in [-0.15, -0.1) is 0 Å². The molecule has 2 aliphatic carbocycles. The number of fused-ring (bicyclic) bond motifs is 4. The van der Waals surface area contributed by atoms with Crippen molar-refractivity contribution in [2.75, 3.05) is 11.4 Å². The fourth-order valence-corrected chi connectivity index (χ4v) is 6.50. The molecule has 0 aromatic heterocycles. The van der Waals surface area contributed by atoms with Gasteiger partial charge in [-0.3, -0.25) is 0 Å². The number of benzene rings is 2. The summed E-state index contributed by atoms with van der Waals surface area (Å²) in [6.07, 6.45) is 11.5. The molecular weight excluding hydrogens is 401 g/mol. The predicted octanol–water partition coefficient (Wildman–Crippen LogP) is 6.48. The molecular formula is C24H21BrFN. The van der Waals surface area contributed by atoms with Gasteiger partial charge < -0.3 is 4.90 Å². The Bertz CT molecular complexity index is 977. The van der Waals surface area contributed by atoms with E-state index in [-0.39, 0.29) is 11.9 Å². The van der Waals surface area contributed by atoms with Crippen LogP contribution in [-0.2, 0) is 0 Å². The molecule has 6 rings (SSSR count). The van der Waals surface area contributed by atoms with Gasteiger partial charge in [0.25, 0.3) is 0 Å². The van der Waals surface area contributed by atoms with Gasteiger partial charge in [0, 0.05) is 34.1 Å². The van der Waals surface area contributed by atoms with Gasteiger partial charge in [0.2, 0.25) is 0 Å². The van der Waals surface area contributed by atoms with Crippen LogP contribution in [0.4, 0.5) is 10.1 Å². The molecule has 3 heteroatoms. The van der Waals surface area contributed by atoms with Crippen molar-refractivity contribution in [1.29, 1.82) is 0 Å². The Labute approximate surface area is 167 Å². The Morgan fingerprint density at radius 1 is 0.926 bits per heavy atom. The van der Waals surface area contributed by atoms with Gasteiger partial charge in [0.1, 0.15) is 5.82 Å². The number of nitrogens with zero attached hydrogens (tertiary/aromatic N) is 1. The van der Waals surface area contributed by atoms with E-state index < -0.39 is 0 Å². The molecule has 0 N–H and O–H groups in total. The average Bonchev–Trinajstić information content (AvgIpc) is 3.32. The largest absolute Gasteiger partial charge is 0.363 e. The monoisotopic (exact) mass is 421 g/mol. The van der Waals surface area contributed by atoms with Crippen molar-refractivity contribution >= 4 is 21.6 Å². The summed E-state index contributed by atoms with van der Waals surface area (Å²) in [5.41, 5.74) is 5.07. The van der Waals surface area contributed by atoms with E-state index in [1.165, 1.54) is 21.3 Å². The molecule has 0 amide bonds. The van der Waals surface area contributed by atoms with E-state index in [1.807, 2.05) is 12.1 Å². The second-order valence-electron chi connectivity index (χ2n) is 8.35. The molecule has 2 heterocycles. The highest BCUT2D eigenvalue weighted by Crippen LogP contribution is 2.59. The molecule has 2 aromatic rings. The number of hydrogen-bond donors (Lipinski definition) is 0. The third-order valence-electron chi connectivity index (χ3n) is 7.04. The topological polar surface area (TPSA) is 3.24 Å². The quantitative estimate of drug-likeness (QED) is 0.476. The maximum absolute atomic E-state index is 14.9. The Hall–Kier alpha value is -1.87. The van der Waals surface area contributed by atoms with Crippen molar-refractivity contribution < 1.29 is 4.39 Å². The Morgan fingerprint density at radius 2 is 1.67 bits per heavy atom. The van der Waals surface area contributed by atoms with Crippen molar-refractivity contribution in [3.8, 4) is 0 Å². The summed E-state index contributed by atoms with van der Waals surface area (Å²) in [4.78, 5) is 2.55. The van der Waals surface area contributed by atoms with Gasteiger partial charge in [0.05, 0.1) is 6.04 Å². The van der Waals surface area contributed by atoms with Crippen LogP contribution in [0.3, 0.4) is 0 Å². The zero-order valence-electron chi connectivity index (χ0n) is 15.0. The van der Waals surface area contributed by atoms with Crippen molar-refractivity contribution in [1.82, 2.24) is 0 Å². The van der Waals surface area contributed by atoms with Crippen molar-refractivity contribution in [3.63, 3.8) is 0 Å². The van der Waals surface area contributed by atoms with E-state index in [2.05, 4.69) is 57.3 Å². The van der Waals surface area contributed by atoms with E-state index in [9.17, 15) is 4.39 Å². The smallest absolute Gasteiger partial charge is 0.128 e. The van der Waals surface area contributed by atoms with Crippen LogP contribution in [0.25, 0.3) is 0 Å². The molecule has 5 atom stereocenters. The van der Waals surface area contributed by atoms with Crippen LogP contribution in [0.2, 0.25) is 0 Å². The summed E-state index contributed by atoms with van der Waals surface area (Å²) >= 11 is 3.77. The lowest BCUT2D eigenvalue weighted by molar-refractivity contribution is 0.328. The first-order valence-electron chi connectivity index (χ1n) is 9.90. The average molecular weight is 422 g/mol. The summed E-state index contributed by atoms with van der Waals surface area (Å²) in [5, 5.41) is 0. The Morgan fingerprint density at radius 3 is 2.52 bits per heavy atom.